The van der Waals surface area contributed by atoms with Crippen molar-refractivity contribution >= 4 is 11.3 Å². The summed E-state index contributed by atoms with van der Waals surface area (Å²) in [7, 11) is 0. The van der Waals surface area contributed by atoms with Gasteiger partial charge in [-0.25, -0.2) is 9.37 Å². The second-order valence-electron chi connectivity index (χ2n) is 5.35. The second kappa shape index (κ2) is 6.02. The van der Waals surface area contributed by atoms with E-state index in [-0.39, 0.29) is 5.82 Å². The number of nitrogens with zero attached hydrogens (tertiary/aromatic N) is 1. The van der Waals surface area contributed by atoms with Crippen molar-refractivity contribution in [3.05, 3.63) is 40.0 Å². The maximum atomic E-state index is 13.1. The Balaban J connectivity index is 2.00. The number of thiazole rings is 1. The molecule has 1 fully saturated rings. The van der Waals surface area contributed by atoms with Crippen molar-refractivity contribution in [2.24, 2.45) is 5.73 Å². The van der Waals surface area contributed by atoms with Gasteiger partial charge in [0.15, 0.2) is 0 Å². The number of aromatic nitrogens is 1. The maximum absolute atomic E-state index is 13.1. The summed E-state index contributed by atoms with van der Waals surface area (Å²) in [5.74, 6) is 0.424. The molecule has 0 spiro atoms. The molecule has 0 amide bonds. The summed E-state index contributed by atoms with van der Waals surface area (Å²) in [6.45, 7) is 0.625. The zero-order valence-corrected chi connectivity index (χ0v) is 12.3. The molecule has 1 saturated carbocycles. The normalized spacial score (nSPS) is 15.9. The van der Waals surface area contributed by atoms with E-state index in [2.05, 4.69) is 0 Å². The molecule has 1 heterocycles. The molecule has 2 N–H and O–H groups in total. The average molecular weight is 290 g/mol. The number of rotatable bonds is 4. The van der Waals surface area contributed by atoms with Crippen LogP contribution in [0.2, 0.25) is 0 Å². The summed E-state index contributed by atoms with van der Waals surface area (Å²) < 4.78 is 13.1. The van der Waals surface area contributed by atoms with Crippen molar-refractivity contribution in [3.8, 4) is 11.3 Å². The fourth-order valence-corrected chi connectivity index (χ4v) is 4.16. The van der Waals surface area contributed by atoms with Gasteiger partial charge in [0.25, 0.3) is 0 Å². The first-order valence-electron chi connectivity index (χ1n) is 7.23. The second-order valence-corrected chi connectivity index (χ2v) is 6.46. The van der Waals surface area contributed by atoms with Crippen LogP contribution in [-0.2, 0) is 6.42 Å². The van der Waals surface area contributed by atoms with Crippen molar-refractivity contribution in [3.63, 3.8) is 0 Å². The summed E-state index contributed by atoms with van der Waals surface area (Å²) in [5, 5.41) is 1.11. The van der Waals surface area contributed by atoms with E-state index >= 15 is 0 Å². The van der Waals surface area contributed by atoms with E-state index in [1.807, 2.05) is 12.1 Å². The van der Waals surface area contributed by atoms with Crippen LogP contribution in [0.3, 0.4) is 0 Å². The molecule has 1 aliphatic rings. The van der Waals surface area contributed by atoms with Gasteiger partial charge in [-0.1, -0.05) is 12.8 Å². The van der Waals surface area contributed by atoms with Gasteiger partial charge in [0.1, 0.15) is 5.82 Å². The van der Waals surface area contributed by atoms with Crippen molar-refractivity contribution in [2.75, 3.05) is 6.54 Å². The Labute approximate surface area is 122 Å². The van der Waals surface area contributed by atoms with Gasteiger partial charge in [-0.05, 0) is 49.6 Å². The van der Waals surface area contributed by atoms with E-state index in [1.54, 1.807) is 11.3 Å². The molecule has 1 aromatic carbocycles. The van der Waals surface area contributed by atoms with E-state index in [4.69, 9.17) is 10.7 Å². The molecule has 106 valence electrons. The highest BCUT2D eigenvalue weighted by atomic mass is 32.1. The summed E-state index contributed by atoms with van der Waals surface area (Å²) in [6.07, 6.45) is 5.93. The predicted octanol–water partition coefficient (Wildman–Crippen LogP) is 4.11. The molecule has 20 heavy (non-hydrogen) atoms. The number of hydrogen-bond acceptors (Lipinski definition) is 3. The standard InChI is InChI=1S/C16H19FN2S/c17-13-7-5-11(6-8-13)15-16(12-3-1-2-4-12)20-14(19-15)9-10-18/h5-8,12H,1-4,9-10,18H2. The minimum Gasteiger partial charge on any atom is -0.330 e. The van der Waals surface area contributed by atoms with Crippen LogP contribution in [0, 0.1) is 5.82 Å². The van der Waals surface area contributed by atoms with Crippen LogP contribution in [0.1, 0.15) is 41.5 Å². The summed E-state index contributed by atoms with van der Waals surface area (Å²) in [5.41, 5.74) is 7.72. The molecule has 4 heteroatoms. The molecule has 0 unspecified atom stereocenters. The largest absolute Gasteiger partial charge is 0.330 e. The Kier molecular flexibility index (Phi) is 4.13. The average Bonchev–Trinajstić information content (AvgIpc) is 3.08. The summed E-state index contributed by atoms with van der Waals surface area (Å²) in [4.78, 5) is 6.13. The Bertz CT molecular complexity index is 571. The van der Waals surface area contributed by atoms with Crippen molar-refractivity contribution in [1.29, 1.82) is 0 Å². The maximum Gasteiger partial charge on any atom is 0.123 e. The molecular weight excluding hydrogens is 271 g/mol. The van der Waals surface area contributed by atoms with Crippen LogP contribution < -0.4 is 5.73 Å². The quantitative estimate of drug-likeness (QED) is 0.920. The molecule has 3 rings (SSSR count). The Hall–Kier alpha value is -1.26. The zero-order chi connectivity index (χ0) is 13.9. The molecule has 0 bridgehead atoms. The summed E-state index contributed by atoms with van der Waals surface area (Å²) in [6, 6.07) is 6.68. The Morgan fingerprint density at radius 1 is 1.20 bits per heavy atom. The van der Waals surface area contributed by atoms with Crippen molar-refractivity contribution < 1.29 is 4.39 Å². The topological polar surface area (TPSA) is 38.9 Å². The van der Waals surface area contributed by atoms with E-state index in [0.717, 1.165) is 22.7 Å². The molecule has 2 aromatic rings. The molecular formula is C16H19FN2S. The molecule has 0 saturated heterocycles. The molecule has 0 atom stereocenters. The van der Waals surface area contributed by atoms with Gasteiger partial charge in [0, 0.05) is 16.9 Å². The minimum absolute atomic E-state index is 0.200. The Morgan fingerprint density at radius 3 is 2.55 bits per heavy atom. The molecule has 0 aliphatic heterocycles. The number of nitrogens with two attached hydrogens (primary N) is 1. The fraction of sp³-hybridized carbons (Fsp3) is 0.438. The van der Waals surface area contributed by atoms with Gasteiger partial charge in [-0.15, -0.1) is 11.3 Å². The van der Waals surface area contributed by atoms with Crippen LogP contribution in [0.15, 0.2) is 24.3 Å². The zero-order valence-electron chi connectivity index (χ0n) is 11.4. The lowest BCUT2D eigenvalue weighted by Gasteiger charge is -2.08. The Morgan fingerprint density at radius 2 is 1.90 bits per heavy atom. The molecule has 1 aromatic heterocycles. The smallest absolute Gasteiger partial charge is 0.123 e. The highest BCUT2D eigenvalue weighted by Gasteiger charge is 2.24. The summed E-state index contributed by atoms with van der Waals surface area (Å²) >= 11 is 1.80. The van der Waals surface area contributed by atoms with E-state index in [1.165, 1.54) is 42.7 Å². The third-order valence-corrected chi connectivity index (χ3v) is 5.18. The van der Waals surface area contributed by atoms with Crippen LogP contribution in [-0.4, -0.2) is 11.5 Å². The van der Waals surface area contributed by atoms with Crippen LogP contribution in [0.25, 0.3) is 11.3 Å². The van der Waals surface area contributed by atoms with E-state index in [9.17, 15) is 4.39 Å². The molecule has 2 nitrogen and oxygen atoms in total. The monoisotopic (exact) mass is 290 g/mol. The van der Waals surface area contributed by atoms with Gasteiger partial charge in [-0.3, -0.25) is 0 Å². The highest BCUT2D eigenvalue weighted by molar-refractivity contribution is 7.12. The first-order chi connectivity index (χ1) is 9.78. The van der Waals surface area contributed by atoms with Crippen molar-refractivity contribution in [2.45, 2.75) is 38.0 Å². The first-order valence-corrected chi connectivity index (χ1v) is 8.05. The van der Waals surface area contributed by atoms with Crippen LogP contribution in [0.5, 0.6) is 0 Å². The third-order valence-electron chi connectivity index (χ3n) is 3.90. The number of halogens is 1. The van der Waals surface area contributed by atoms with E-state index in [0.29, 0.717) is 12.5 Å². The first kappa shape index (κ1) is 13.7. The number of hydrogen-bond donors (Lipinski definition) is 1. The molecule has 1 aliphatic carbocycles. The number of benzene rings is 1. The lowest BCUT2D eigenvalue weighted by Crippen LogP contribution is -2.01. The van der Waals surface area contributed by atoms with Crippen LogP contribution >= 0.6 is 11.3 Å². The van der Waals surface area contributed by atoms with Gasteiger partial charge in [-0.2, -0.15) is 0 Å². The van der Waals surface area contributed by atoms with Crippen molar-refractivity contribution in [1.82, 2.24) is 4.98 Å². The van der Waals surface area contributed by atoms with Gasteiger partial charge in [0.05, 0.1) is 10.7 Å². The lowest BCUT2D eigenvalue weighted by molar-refractivity contribution is 0.628. The van der Waals surface area contributed by atoms with E-state index < -0.39 is 0 Å². The third kappa shape index (κ3) is 2.76. The minimum atomic E-state index is -0.200. The lowest BCUT2D eigenvalue weighted by atomic mass is 10.0. The van der Waals surface area contributed by atoms with Gasteiger partial charge < -0.3 is 5.73 Å². The van der Waals surface area contributed by atoms with Gasteiger partial charge in [0.2, 0.25) is 0 Å². The highest BCUT2D eigenvalue weighted by Crippen LogP contribution is 2.42. The van der Waals surface area contributed by atoms with Gasteiger partial charge >= 0.3 is 0 Å². The predicted molar refractivity (Wildman–Crippen MR) is 81.5 cm³/mol. The SMILES string of the molecule is NCCc1nc(-c2ccc(F)cc2)c(C2CCCC2)s1. The molecule has 0 radical (unpaired) electrons. The van der Waals surface area contributed by atoms with Crippen LogP contribution in [0.4, 0.5) is 4.39 Å². The fourth-order valence-electron chi connectivity index (χ4n) is 2.89.